The summed E-state index contributed by atoms with van der Waals surface area (Å²) in [5, 5.41) is 2.47. The number of ether oxygens (including phenoxy) is 1. The number of carbonyl (C=O) groups is 1. The topological polar surface area (TPSA) is 66.2 Å². The molecular weight excluding hydrogens is 645 g/mol. The second-order valence-electron chi connectivity index (χ2n) is 12.5. The van der Waals surface area contributed by atoms with Gasteiger partial charge in [-0.1, -0.05) is 60.1 Å². The lowest BCUT2D eigenvalue weighted by atomic mass is 9.95. The van der Waals surface area contributed by atoms with Gasteiger partial charge >= 0.3 is 6.01 Å². The van der Waals surface area contributed by atoms with Gasteiger partial charge in [0.05, 0.1) is 10.6 Å². The maximum Gasteiger partial charge on any atom is 0.319 e. The maximum atomic E-state index is 17.0. The number of nitrogens with zero attached hydrogens (tertiary/aromatic N) is 6. The number of benzene rings is 3. The molecule has 0 N–H and O–H groups in total. The van der Waals surface area contributed by atoms with E-state index in [1.54, 1.807) is 18.2 Å². The Bertz CT molecular complexity index is 1950. The zero-order valence-electron chi connectivity index (χ0n) is 25.6. The number of carbonyl (C=O) groups excluding carboxylic acids is 1. The van der Waals surface area contributed by atoms with Gasteiger partial charge in [0.25, 0.3) is 5.91 Å². The third kappa shape index (κ3) is 5.54. The van der Waals surface area contributed by atoms with E-state index in [1.807, 2.05) is 29.2 Å². The number of hydrogen-bond donors (Lipinski definition) is 0. The molecule has 1 amide bonds. The third-order valence-electron chi connectivity index (χ3n) is 9.82. The van der Waals surface area contributed by atoms with Gasteiger partial charge in [0.15, 0.2) is 11.6 Å². The molecule has 7 rings (SSSR count). The average Bonchev–Trinajstić information content (AvgIpc) is 3.64. The highest BCUT2D eigenvalue weighted by molar-refractivity contribution is 6.38. The molecule has 1 atom stereocenters. The molecule has 3 aliphatic rings. The number of amides is 1. The van der Waals surface area contributed by atoms with Crippen LogP contribution in [0.25, 0.3) is 37.6 Å². The molecule has 3 fully saturated rings. The summed E-state index contributed by atoms with van der Waals surface area (Å²) in [6, 6.07) is 12.0. The summed E-state index contributed by atoms with van der Waals surface area (Å²) in [6.45, 7) is 13.5. The van der Waals surface area contributed by atoms with E-state index < -0.39 is 23.6 Å². The predicted molar refractivity (Wildman–Crippen MR) is 180 cm³/mol. The fourth-order valence-electron chi connectivity index (χ4n) is 7.61. The fraction of sp³-hybridized carbons (Fsp3) is 0.371. The molecular formula is C35H32Cl2F2N6O2. The molecule has 0 bridgehead atoms. The van der Waals surface area contributed by atoms with Crippen molar-refractivity contribution in [1.29, 1.82) is 0 Å². The summed E-state index contributed by atoms with van der Waals surface area (Å²) in [7, 11) is 0. The molecule has 0 spiro atoms. The predicted octanol–water partition coefficient (Wildman–Crippen LogP) is 7.32. The largest absolute Gasteiger partial charge is 0.461 e. The van der Waals surface area contributed by atoms with Crippen LogP contribution in [-0.4, -0.2) is 83.1 Å². The zero-order valence-corrected chi connectivity index (χ0v) is 27.1. The minimum atomic E-state index is -1.08. The Morgan fingerprint density at radius 2 is 1.83 bits per heavy atom. The summed E-state index contributed by atoms with van der Waals surface area (Å²) in [5.41, 5.74) is 0.622. The maximum absolute atomic E-state index is 17.0. The molecule has 3 aliphatic heterocycles. The van der Waals surface area contributed by atoms with Crippen LogP contribution in [0.3, 0.4) is 0 Å². The second kappa shape index (κ2) is 12.5. The average molecular weight is 678 g/mol. The smallest absolute Gasteiger partial charge is 0.319 e. The van der Waals surface area contributed by atoms with E-state index in [9.17, 15) is 9.18 Å². The monoisotopic (exact) mass is 676 g/mol. The molecule has 0 aliphatic carbocycles. The van der Waals surface area contributed by atoms with Gasteiger partial charge in [-0.15, -0.1) is 0 Å². The van der Waals surface area contributed by atoms with Crippen molar-refractivity contribution in [3.63, 3.8) is 0 Å². The Labute approximate surface area is 281 Å². The van der Waals surface area contributed by atoms with Gasteiger partial charge in [-0.05, 0) is 61.9 Å². The molecule has 4 aromatic rings. The van der Waals surface area contributed by atoms with Gasteiger partial charge in [0.2, 0.25) is 6.54 Å². The molecule has 4 heterocycles. The van der Waals surface area contributed by atoms with Gasteiger partial charge in [0.1, 0.15) is 24.0 Å². The lowest BCUT2D eigenvalue weighted by Crippen LogP contribution is -2.56. The van der Waals surface area contributed by atoms with E-state index in [1.165, 1.54) is 4.90 Å². The van der Waals surface area contributed by atoms with Crippen LogP contribution in [0.5, 0.6) is 6.01 Å². The molecule has 0 saturated carbocycles. The van der Waals surface area contributed by atoms with Gasteiger partial charge < -0.3 is 19.4 Å². The second-order valence-corrected chi connectivity index (χ2v) is 13.3. The van der Waals surface area contributed by atoms with Crippen molar-refractivity contribution < 1.29 is 18.3 Å². The summed E-state index contributed by atoms with van der Waals surface area (Å²) in [6.07, 6.45) is 4.21. The number of anilines is 1. The Balaban J connectivity index is 1.36. The third-order valence-corrected chi connectivity index (χ3v) is 10.4. The first-order valence-electron chi connectivity index (χ1n) is 15.7. The Morgan fingerprint density at radius 1 is 1.09 bits per heavy atom. The number of rotatable bonds is 7. The lowest BCUT2D eigenvalue weighted by Gasteiger charge is -2.39. The van der Waals surface area contributed by atoms with E-state index in [0.717, 1.165) is 44.2 Å². The molecule has 242 valence electrons. The Morgan fingerprint density at radius 3 is 2.55 bits per heavy atom. The zero-order chi connectivity index (χ0) is 32.9. The van der Waals surface area contributed by atoms with Crippen LogP contribution < -0.4 is 9.64 Å². The van der Waals surface area contributed by atoms with Crippen molar-refractivity contribution >= 4 is 56.6 Å². The van der Waals surface area contributed by atoms with Crippen molar-refractivity contribution in [3.05, 3.63) is 82.2 Å². The van der Waals surface area contributed by atoms with E-state index in [0.29, 0.717) is 33.8 Å². The number of piperazine rings is 1. The van der Waals surface area contributed by atoms with Crippen LogP contribution in [0.15, 0.2) is 54.9 Å². The van der Waals surface area contributed by atoms with Gasteiger partial charge in [0, 0.05) is 41.0 Å². The first-order chi connectivity index (χ1) is 22.7. The van der Waals surface area contributed by atoms with E-state index in [-0.39, 0.29) is 53.8 Å². The van der Waals surface area contributed by atoms with Crippen LogP contribution in [-0.2, 0) is 4.79 Å². The fourth-order valence-corrected chi connectivity index (χ4v) is 8.19. The van der Waals surface area contributed by atoms with Gasteiger partial charge in [-0.3, -0.25) is 9.69 Å². The Hall–Kier alpha value is -4.04. The van der Waals surface area contributed by atoms with Crippen LogP contribution in [0.2, 0.25) is 10.0 Å². The number of halogens is 4. The minimum Gasteiger partial charge on any atom is -0.461 e. The van der Waals surface area contributed by atoms with Crippen molar-refractivity contribution in [2.75, 3.05) is 50.8 Å². The number of fused-ring (bicyclic) bond motifs is 3. The minimum absolute atomic E-state index is 0.0260. The van der Waals surface area contributed by atoms with Crippen LogP contribution in [0.4, 0.5) is 14.6 Å². The highest BCUT2D eigenvalue weighted by atomic mass is 35.5. The molecule has 0 unspecified atom stereocenters. The van der Waals surface area contributed by atoms with Crippen LogP contribution in [0.1, 0.15) is 25.7 Å². The van der Waals surface area contributed by atoms with Crippen LogP contribution in [0, 0.1) is 12.4 Å². The van der Waals surface area contributed by atoms with Crippen molar-refractivity contribution in [2.45, 2.75) is 37.3 Å². The highest BCUT2D eigenvalue weighted by Gasteiger charge is 2.45. The van der Waals surface area contributed by atoms with E-state index >= 15 is 4.39 Å². The summed E-state index contributed by atoms with van der Waals surface area (Å²) in [5.74, 6) is -2.21. The first-order valence-corrected chi connectivity index (χ1v) is 16.4. The SMILES string of the molecule is [C-]#[N+]C[C@H]1CN(c2nc(OCC34CCCN3CCC4)nc3c(F)c(-c4cccc5cccc(Cl)c45)c(Cl)cc23)CCN1C(=O)C(=C)F. The summed E-state index contributed by atoms with van der Waals surface area (Å²) < 4.78 is 37.2. The molecule has 1 aromatic heterocycles. The summed E-state index contributed by atoms with van der Waals surface area (Å²) in [4.78, 5) is 31.1. The number of hydrogen-bond acceptors (Lipinski definition) is 6. The molecule has 47 heavy (non-hydrogen) atoms. The Kier molecular flexibility index (Phi) is 8.41. The van der Waals surface area contributed by atoms with Crippen LogP contribution >= 0.6 is 23.2 Å². The van der Waals surface area contributed by atoms with Crippen molar-refractivity contribution in [2.24, 2.45) is 0 Å². The van der Waals surface area contributed by atoms with Crippen molar-refractivity contribution in [1.82, 2.24) is 19.8 Å². The first kappa shape index (κ1) is 31.6. The van der Waals surface area contributed by atoms with E-state index in [2.05, 4.69) is 21.3 Å². The molecule has 3 aromatic carbocycles. The quantitative estimate of drug-likeness (QED) is 0.151. The molecule has 3 saturated heterocycles. The van der Waals surface area contributed by atoms with Crippen molar-refractivity contribution in [3.8, 4) is 17.1 Å². The standard InChI is InChI=1S/C35H32Cl2F2N6O2/c1-21(38)33(46)45-16-15-43(19-23(45)18-40-2)32-25-17-27(37)29(24-9-3-7-22-8-4-10-26(36)28(22)24)30(39)31(25)41-34(42-32)47-20-35-11-5-13-44(35)14-6-12-35/h3-4,7-10,17,23H,1,5-6,11-16,18-20H2/t23-/m0/s1. The van der Waals surface area contributed by atoms with E-state index in [4.69, 9.17) is 39.5 Å². The normalized spacial score (nSPS) is 19.3. The number of aromatic nitrogens is 2. The molecule has 0 radical (unpaired) electrons. The van der Waals surface area contributed by atoms with Gasteiger partial charge in [-0.2, -0.15) is 9.97 Å². The summed E-state index contributed by atoms with van der Waals surface area (Å²) >= 11 is 13.5. The van der Waals surface area contributed by atoms with Gasteiger partial charge in [-0.25, -0.2) is 15.4 Å². The molecule has 8 nitrogen and oxygen atoms in total. The molecule has 12 heteroatoms. The highest BCUT2D eigenvalue weighted by Crippen LogP contribution is 2.44. The lowest BCUT2D eigenvalue weighted by molar-refractivity contribution is -0.131.